The van der Waals surface area contributed by atoms with Crippen molar-refractivity contribution in [3.63, 3.8) is 0 Å². The molecule has 9 nitrogen and oxygen atoms in total. The van der Waals surface area contributed by atoms with E-state index < -0.39 is 26.5 Å². The number of phosphoric ester groups is 1. The minimum absolute atomic E-state index is 0.0177. The maximum absolute atomic E-state index is 12.8. The van der Waals surface area contributed by atoms with Gasteiger partial charge in [-0.25, -0.2) is 4.57 Å². The SMILES string of the molecule is CC/C=C\C/C=C\C/C=C\C/C=C\C/C=C\C/C=C\C/C=C\C/C=C\C/C=C\C/C=C\CCCCC(=O)OC(COC(=O)CCCCCCCCCCCCCCCCC)COP(=O)(O)OCC[N+](C)(C)C. The van der Waals surface area contributed by atoms with Gasteiger partial charge in [-0.2, -0.15) is 0 Å². The number of phosphoric acid groups is 1. The Bertz CT molecular complexity index is 1630. The Morgan fingerprint density at radius 2 is 0.792 bits per heavy atom. The number of unbranched alkanes of at least 4 members (excludes halogenated alkanes) is 16. The highest BCUT2D eigenvalue weighted by molar-refractivity contribution is 7.47. The second-order valence-electron chi connectivity index (χ2n) is 19.6. The number of hydrogen-bond donors (Lipinski definition) is 1. The van der Waals surface area contributed by atoms with Gasteiger partial charge in [0.25, 0.3) is 0 Å². The van der Waals surface area contributed by atoms with Crippen molar-refractivity contribution in [3.05, 3.63) is 122 Å². The number of hydrogen-bond acceptors (Lipinski definition) is 7. The van der Waals surface area contributed by atoms with Crippen LogP contribution in [0.3, 0.4) is 0 Å². The molecule has 0 spiro atoms. The summed E-state index contributed by atoms with van der Waals surface area (Å²) in [5, 5.41) is 0. The minimum atomic E-state index is -4.40. The lowest BCUT2D eigenvalue weighted by Crippen LogP contribution is -2.37. The molecule has 0 aliphatic heterocycles. The first-order chi connectivity index (χ1) is 35.0. The van der Waals surface area contributed by atoms with E-state index in [4.69, 9.17) is 18.5 Å². The smallest absolute Gasteiger partial charge is 0.462 e. The van der Waals surface area contributed by atoms with E-state index in [1.807, 2.05) is 21.1 Å². The molecule has 0 saturated carbocycles. The topological polar surface area (TPSA) is 108 Å². The van der Waals surface area contributed by atoms with Crippen molar-refractivity contribution in [1.82, 2.24) is 0 Å². The number of esters is 2. The molecule has 0 heterocycles. The zero-order valence-electron chi connectivity index (χ0n) is 46.4. The molecular weight excluding hydrogens is 918 g/mol. The molecule has 0 rings (SSSR count). The number of likely N-dealkylation sites (N-methyl/N-ethyl adjacent to an activating group) is 1. The molecule has 2 atom stereocenters. The number of ether oxygens (including phenoxy) is 2. The second-order valence-corrected chi connectivity index (χ2v) is 21.0. The quantitative estimate of drug-likeness (QED) is 0.0211. The molecular formula is C62H105NO8P+. The average Bonchev–Trinajstić information content (AvgIpc) is 3.34. The van der Waals surface area contributed by atoms with Crippen LogP contribution < -0.4 is 0 Å². The maximum atomic E-state index is 12.8. The third-order valence-electron chi connectivity index (χ3n) is 11.5. The first-order valence-electron chi connectivity index (χ1n) is 28.3. The Hall–Kier alpha value is -3.59. The predicted molar refractivity (Wildman–Crippen MR) is 307 cm³/mol. The summed E-state index contributed by atoms with van der Waals surface area (Å²) in [6.07, 6.45) is 74.1. The molecule has 0 aromatic carbocycles. The van der Waals surface area contributed by atoms with Crippen molar-refractivity contribution >= 4 is 19.8 Å². The Kier molecular flexibility index (Phi) is 49.7. The van der Waals surface area contributed by atoms with Gasteiger partial charge in [-0.1, -0.05) is 225 Å². The molecule has 2 unspecified atom stereocenters. The second kappa shape index (κ2) is 52.3. The van der Waals surface area contributed by atoms with E-state index in [-0.39, 0.29) is 32.0 Å². The summed E-state index contributed by atoms with van der Waals surface area (Å²) in [5.74, 6) is -0.854. The molecule has 0 aromatic heterocycles. The molecule has 0 fully saturated rings. The van der Waals surface area contributed by atoms with E-state index in [9.17, 15) is 19.0 Å². The Balaban J connectivity index is 4.29. The van der Waals surface area contributed by atoms with Gasteiger partial charge in [-0.3, -0.25) is 18.6 Å². The van der Waals surface area contributed by atoms with Gasteiger partial charge < -0.3 is 18.9 Å². The number of allylic oxidation sites excluding steroid dienone is 20. The van der Waals surface area contributed by atoms with Crippen LogP contribution in [0.25, 0.3) is 0 Å². The number of carbonyl (C=O) groups excluding carboxylic acids is 2. The molecule has 0 aliphatic rings. The van der Waals surface area contributed by atoms with Gasteiger partial charge in [0.05, 0.1) is 27.7 Å². The first kappa shape index (κ1) is 68.4. The summed E-state index contributed by atoms with van der Waals surface area (Å²) in [5.41, 5.74) is 0. The van der Waals surface area contributed by atoms with Crippen LogP contribution >= 0.6 is 7.82 Å². The number of quaternary nitrogens is 1. The van der Waals surface area contributed by atoms with Crippen molar-refractivity contribution in [2.24, 2.45) is 0 Å². The molecule has 0 aliphatic carbocycles. The summed E-state index contributed by atoms with van der Waals surface area (Å²) in [6.45, 7) is 4.26. The Morgan fingerprint density at radius 3 is 1.18 bits per heavy atom. The van der Waals surface area contributed by atoms with Crippen molar-refractivity contribution in [3.8, 4) is 0 Å². The fraction of sp³-hybridized carbons (Fsp3) is 0.645. The van der Waals surface area contributed by atoms with Gasteiger partial charge >= 0.3 is 19.8 Å². The van der Waals surface area contributed by atoms with Crippen molar-refractivity contribution in [2.45, 2.75) is 213 Å². The molecule has 0 saturated heterocycles. The highest BCUT2D eigenvalue weighted by Gasteiger charge is 2.27. The lowest BCUT2D eigenvalue weighted by atomic mass is 10.0. The summed E-state index contributed by atoms with van der Waals surface area (Å²) < 4.78 is 34.4. The largest absolute Gasteiger partial charge is 0.472 e. The molecule has 0 bridgehead atoms. The Morgan fingerprint density at radius 1 is 0.444 bits per heavy atom. The third kappa shape index (κ3) is 55.7. The molecule has 410 valence electrons. The molecule has 72 heavy (non-hydrogen) atoms. The highest BCUT2D eigenvalue weighted by Crippen LogP contribution is 2.43. The molecule has 0 amide bonds. The summed E-state index contributed by atoms with van der Waals surface area (Å²) in [4.78, 5) is 35.6. The maximum Gasteiger partial charge on any atom is 0.472 e. The van der Waals surface area contributed by atoms with Gasteiger partial charge in [0, 0.05) is 12.8 Å². The van der Waals surface area contributed by atoms with Gasteiger partial charge in [0.2, 0.25) is 0 Å². The van der Waals surface area contributed by atoms with Crippen LogP contribution in [0.1, 0.15) is 206 Å². The number of nitrogens with zero attached hydrogens (tertiary/aromatic N) is 1. The zero-order valence-corrected chi connectivity index (χ0v) is 47.3. The fourth-order valence-corrected chi connectivity index (χ4v) is 7.90. The monoisotopic (exact) mass is 1020 g/mol. The summed E-state index contributed by atoms with van der Waals surface area (Å²) in [7, 11) is 1.43. The van der Waals surface area contributed by atoms with Crippen LogP contribution in [0.4, 0.5) is 0 Å². The number of rotatable bonds is 50. The molecule has 0 aromatic rings. The zero-order chi connectivity index (χ0) is 52.7. The lowest BCUT2D eigenvalue weighted by molar-refractivity contribution is -0.870. The van der Waals surface area contributed by atoms with Crippen LogP contribution in [0.2, 0.25) is 0 Å². The standard InChI is InChI=1S/C62H104NO8P/c1-6-8-10-12-14-16-18-20-22-23-24-25-26-27-28-29-30-31-32-33-34-35-36-37-38-39-41-43-45-47-49-51-53-55-62(65)71-60(59-70-72(66,67)69-57-56-63(3,4)5)58-68-61(64)54-52-50-48-46-44-42-40-21-19-17-15-13-11-9-7-2/h8,10,14,16,20,22,24-25,27-28,30-31,33-34,36-37,39,41,45,47,60H,6-7,9,11-13,15,17-19,21,23,26,29,32,35,38,40,42-44,46,48-59H2,1-5H3/p+1/b10-8-,16-14-,22-20-,25-24-,28-27-,31-30-,34-33-,37-36-,41-39-,47-45-. The van der Waals surface area contributed by atoms with Crippen LogP contribution in [-0.2, 0) is 32.7 Å². The van der Waals surface area contributed by atoms with E-state index in [2.05, 4.69) is 135 Å². The van der Waals surface area contributed by atoms with Gasteiger partial charge in [0.15, 0.2) is 6.10 Å². The van der Waals surface area contributed by atoms with E-state index in [0.29, 0.717) is 17.4 Å². The fourth-order valence-electron chi connectivity index (χ4n) is 7.16. The molecule has 10 heteroatoms. The first-order valence-corrected chi connectivity index (χ1v) is 29.8. The average molecular weight is 1020 g/mol. The van der Waals surface area contributed by atoms with Crippen molar-refractivity contribution < 1.29 is 42.1 Å². The third-order valence-corrected chi connectivity index (χ3v) is 12.5. The summed E-state index contributed by atoms with van der Waals surface area (Å²) >= 11 is 0. The lowest BCUT2D eigenvalue weighted by Gasteiger charge is -2.24. The highest BCUT2D eigenvalue weighted by atomic mass is 31.2. The van der Waals surface area contributed by atoms with E-state index >= 15 is 0 Å². The van der Waals surface area contributed by atoms with E-state index in [1.54, 1.807) is 0 Å². The summed E-state index contributed by atoms with van der Waals surface area (Å²) in [6, 6.07) is 0. The van der Waals surface area contributed by atoms with Crippen LogP contribution in [-0.4, -0.2) is 74.9 Å². The van der Waals surface area contributed by atoms with E-state index in [0.717, 1.165) is 96.3 Å². The normalized spacial score (nSPS) is 14.2. The molecule has 1 N–H and O–H groups in total. The molecule has 0 radical (unpaired) electrons. The minimum Gasteiger partial charge on any atom is -0.462 e. The van der Waals surface area contributed by atoms with E-state index in [1.165, 1.54) is 77.0 Å². The number of carbonyl (C=O) groups is 2. The van der Waals surface area contributed by atoms with Crippen molar-refractivity contribution in [2.75, 3.05) is 47.5 Å². The van der Waals surface area contributed by atoms with Crippen LogP contribution in [0.5, 0.6) is 0 Å². The van der Waals surface area contributed by atoms with Gasteiger partial charge in [-0.15, -0.1) is 0 Å². The Labute approximate surface area is 441 Å². The van der Waals surface area contributed by atoms with Gasteiger partial charge in [-0.05, 0) is 89.9 Å². The van der Waals surface area contributed by atoms with Gasteiger partial charge in [0.1, 0.15) is 19.8 Å². The van der Waals surface area contributed by atoms with Crippen LogP contribution in [0, 0.1) is 0 Å². The van der Waals surface area contributed by atoms with Crippen molar-refractivity contribution in [1.29, 1.82) is 0 Å². The van der Waals surface area contributed by atoms with Crippen LogP contribution in [0.15, 0.2) is 122 Å². The predicted octanol–water partition coefficient (Wildman–Crippen LogP) is 17.6.